The molecule has 0 aromatic heterocycles. The van der Waals surface area contributed by atoms with Crippen LogP contribution in [-0.2, 0) is 0 Å². The molecule has 1 atom stereocenters. The number of hydrogen-bond acceptors (Lipinski definition) is 1. The summed E-state index contributed by atoms with van der Waals surface area (Å²) in [7, 11) is 1.65. The van der Waals surface area contributed by atoms with Gasteiger partial charge in [0.05, 0.1) is 0 Å². The maximum atomic E-state index is 13.0. The van der Waals surface area contributed by atoms with Crippen LogP contribution in [0.3, 0.4) is 0 Å². The molecule has 1 nitrogen and oxygen atoms in total. The van der Waals surface area contributed by atoms with E-state index in [9.17, 15) is 4.39 Å². The fourth-order valence-corrected chi connectivity index (χ4v) is 1.21. The largest absolute Gasteiger partial charge is 0.301 e. The number of hydrogen-bond donors (Lipinski definition) is 1. The van der Waals surface area contributed by atoms with Crippen LogP contribution in [-0.4, -0.2) is 7.05 Å². The zero-order chi connectivity index (χ0) is 9.14. The van der Waals surface area contributed by atoms with Crippen molar-refractivity contribution in [3.05, 3.63) is 34.6 Å². The van der Waals surface area contributed by atoms with E-state index >= 15 is 0 Å². The van der Waals surface area contributed by atoms with Crippen LogP contribution < -0.4 is 5.32 Å². The van der Waals surface area contributed by atoms with Crippen molar-refractivity contribution < 1.29 is 4.39 Å². The lowest BCUT2D eigenvalue weighted by Gasteiger charge is -2.09. The molecule has 0 aliphatic carbocycles. The van der Waals surface area contributed by atoms with Crippen molar-refractivity contribution in [3.8, 4) is 0 Å². The Bertz CT molecular complexity index is 278. The molecule has 1 aromatic carbocycles. The molecule has 1 N–H and O–H groups in total. The quantitative estimate of drug-likeness (QED) is 0.581. The van der Waals surface area contributed by atoms with Gasteiger partial charge in [-0.25, -0.2) is 4.39 Å². The SMILES string of the molecule is CNC(Cl)c1cc(Cl)ccc1F. The standard InChI is InChI=1S/C8H8Cl2FN/c1-12-8(10)6-4-5(9)2-3-7(6)11/h2-4,8,12H,1H3. The predicted molar refractivity (Wildman–Crippen MR) is 49.1 cm³/mol. The Labute approximate surface area is 80.5 Å². The average Bonchev–Trinajstić information content (AvgIpc) is 2.08. The fourth-order valence-electron chi connectivity index (χ4n) is 0.864. The summed E-state index contributed by atoms with van der Waals surface area (Å²) >= 11 is 11.4. The number of alkyl halides is 1. The summed E-state index contributed by atoms with van der Waals surface area (Å²) < 4.78 is 13.0. The predicted octanol–water partition coefficient (Wildman–Crippen LogP) is 2.94. The first-order valence-corrected chi connectivity index (χ1v) is 4.23. The second-order valence-corrected chi connectivity index (χ2v) is 3.19. The molecule has 66 valence electrons. The Morgan fingerprint density at radius 1 is 1.50 bits per heavy atom. The lowest BCUT2D eigenvalue weighted by molar-refractivity contribution is 0.596. The van der Waals surface area contributed by atoms with Gasteiger partial charge in [0.15, 0.2) is 0 Å². The van der Waals surface area contributed by atoms with E-state index < -0.39 is 5.50 Å². The van der Waals surface area contributed by atoms with Crippen LogP contribution >= 0.6 is 23.2 Å². The minimum Gasteiger partial charge on any atom is -0.301 e. The second kappa shape index (κ2) is 4.08. The van der Waals surface area contributed by atoms with Crippen molar-refractivity contribution in [1.29, 1.82) is 0 Å². The van der Waals surface area contributed by atoms with Crippen molar-refractivity contribution in [1.82, 2.24) is 5.32 Å². The van der Waals surface area contributed by atoms with E-state index in [1.165, 1.54) is 18.2 Å². The van der Waals surface area contributed by atoms with E-state index in [1.54, 1.807) is 7.05 Å². The summed E-state index contributed by atoms with van der Waals surface area (Å²) in [5.41, 5.74) is -0.171. The molecule has 1 aromatic rings. The Morgan fingerprint density at radius 3 is 2.75 bits per heavy atom. The summed E-state index contributed by atoms with van der Waals surface area (Å²) in [6.45, 7) is 0. The molecule has 12 heavy (non-hydrogen) atoms. The van der Waals surface area contributed by atoms with Gasteiger partial charge in [-0.15, -0.1) is 11.6 Å². The number of rotatable bonds is 2. The van der Waals surface area contributed by atoms with E-state index in [2.05, 4.69) is 5.32 Å². The molecule has 0 fully saturated rings. The van der Waals surface area contributed by atoms with Gasteiger partial charge in [0, 0.05) is 10.6 Å². The Hall–Kier alpha value is -0.310. The van der Waals surface area contributed by atoms with Gasteiger partial charge in [0.2, 0.25) is 0 Å². The van der Waals surface area contributed by atoms with E-state index in [1.807, 2.05) is 0 Å². The van der Waals surface area contributed by atoms with Crippen LogP contribution in [0.1, 0.15) is 11.1 Å². The third-order valence-electron chi connectivity index (χ3n) is 1.48. The molecule has 0 aliphatic rings. The van der Waals surface area contributed by atoms with Crippen molar-refractivity contribution in [2.45, 2.75) is 5.50 Å². The Kier molecular flexibility index (Phi) is 3.32. The highest BCUT2D eigenvalue weighted by Gasteiger charge is 2.10. The molecule has 1 unspecified atom stereocenters. The highest BCUT2D eigenvalue weighted by Crippen LogP contribution is 2.23. The van der Waals surface area contributed by atoms with Gasteiger partial charge in [-0.2, -0.15) is 0 Å². The minimum absolute atomic E-state index is 0.353. The topological polar surface area (TPSA) is 12.0 Å². The van der Waals surface area contributed by atoms with Gasteiger partial charge >= 0.3 is 0 Å². The van der Waals surface area contributed by atoms with Crippen LogP contribution in [0.4, 0.5) is 4.39 Å². The number of benzene rings is 1. The first kappa shape index (κ1) is 9.78. The zero-order valence-electron chi connectivity index (χ0n) is 6.44. The monoisotopic (exact) mass is 207 g/mol. The molecule has 1 rings (SSSR count). The third-order valence-corrected chi connectivity index (χ3v) is 2.17. The maximum absolute atomic E-state index is 13.0. The van der Waals surface area contributed by atoms with E-state index in [4.69, 9.17) is 23.2 Å². The van der Waals surface area contributed by atoms with E-state index in [0.29, 0.717) is 10.6 Å². The summed E-state index contributed by atoms with van der Waals surface area (Å²) in [6, 6.07) is 4.29. The van der Waals surface area contributed by atoms with Crippen LogP contribution in [0.2, 0.25) is 5.02 Å². The lowest BCUT2D eigenvalue weighted by atomic mass is 10.2. The second-order valence-electron chi connectivity index (χ2n) is 2.32. The molecule has 4 heteroatoms. The van der Waals surface area contributed by atoms with Gasteiger partial charge in [0.1, 0.15) is 11.3 Å². The molecule has 0 bridgehead atoms. The molecule has 0 amide bonds. The first-order chi connectivity index (χ1) is 5.65. The van der Waals surface area contributed by atoms with Crippen LogP contribution in [0.15, 0.2) is 18.2 Å². The molecule has 0 saturated carbocycles. The van der Waals surface area contributed by atoms with Gasteiger partial charge in [-0.05, 0) is 25.2 Å². The summed E-state index contributed by atoms with van der Waals surface area (Å²) in [4.78, 5) is 0. The zero-order valence-corrected chi connectivity index (χ0v) is 7.96. The molecule has 0 spiro atoms. The number of halogens is 3. The average molecular weight is 208 g/mol. The molecule has 0 aliphatic heterocycles. The van der Waals surface area contributed by atoms with Gasteiger partial charge in [-0.3, -0.25) is 0 Å². The third kappa shape index (κ3) is 2.09. The minimum atomic E-state index is -0.538. The lowest BCUT2D eigenvalue weighted by Crippen LogP contribution is -2.11. The van der Waals surface area contributed by atoms with Crippen molar-refractivity contribution >= 4 is 23.2 Å². The highest BCUT2D eigenvalue weighted by molar-refractivity contribution is 6.30. The van der Waals surface area contributed by atoms with Crippen molar-refractivity contribution in [3.63, 3.8) is 0 Å². The summed E-state index contributed by atoms with van der Waals surface area (Å²) in [5.74, 6) is -0.353. The first-order valence-electron chi connectivity index (χ1n) is 3.41. The van der Waals surface area contributed by atoms with E-state index in [0.717, 1.165) is 0 Å². The molecule has 0 heterocycles. The molecule has 0 saturated heterocycles. The van der Waals surface area contributed by atoms with Gasteiger partial charge < -0.3 is 5.32 Å². The van der Waals surface area contributed by atoms with E-state index in [-0.39, 0.29) is 5.82 Å². The van der Waals surface area contributed by atoms with Crippen molar-refractivity contribution in [2.75, 3.05) is 7.05 Å². The Balaban J connectivity index is 3.04. The van der Waals surface area contributed by atoms with Crippen LogP contribution in [0.5, 0.6) is 0 Å². The molecular formula is C8H8Cl2FN. The van der Waals surface area contributed by atoms with Gasteiger partial charge in [0.25, 0.3) is 0 Å². The highest BCUT2D eigenvalue weighted by atomic mass is 35.5. The van der Waals surface area contributed by atoms with Crippen LogP contribution in [0.25, 0.3) is 0 Å². The van der Waals surface area contributed by atoms with Gasteiger partial charge in [-0.1, -0.05) is 11.6 Å². The smallest absolute Gasteiger partial charge is 0.129 e. The van der Waals surface area contributed by atoms with Crippen LogP contribution in [0, 0.1) is 5.82 Å². The fraction of sp³-hybridized carbons (Fsp3) is 0.250. The normalized spacial score (nSPS) is 13.0. The maximum Gasteiger partial charge on any atom is 0.129 e. The Morgan fingerprint density at radius 2 is 2.17 bits per heavy atom. The van der Waals surface area contributed by atoms with Crippen molar-refractivity contribution in [2.24, 2.45) is 0 Å². The molecule has 0 radical (unpaired) electrons. The summed E-state index contributed by atoms with van der Waals surface area (Å²) in [6.07, 6.45) is 0. The molecular weight excluding hydrogens is 200 g/mol. The summed E-state index contributed by atoms with van der Waals surface area (Å²) in [5, 5.41) is 3.20. The number of nitrogens with one attached hydrogen (secondary N) is 1.